The van der Waals surface area contributed by atoms with Crippen molar-refractivity contribution in [2.75, 3.05) is 26.6 Å². The summed E-state index contributed by atoms with van der Waals surface area (Å²) in [6, 6.07) is 11.4. The maximum Gasteiger partial charge on any atom is 0.203 e. The van der Waals surface area contributed by atoms with E-state index in [1.54, 1.807) is 27.7 Å². The topological polar surface area (TPSA) is 70.4 Å². The molecular formula is C23H23ClN4O3. The van der Waals surface area contributed by atoms with E-state index in [1.807, 2.05) is 36.4 Å². The molecule has 31 heavy (non-hydrogen) atoms. The molecule has 2 aromatic heterocycles. The number of aryl methyl sites for hydroxylation is 1. The minimum absolute atomic E-state index is 0.530. The lowest BCUT2D eigenvalue weighted by Crippen LogP contribution is -2.01. The van der Waals surface area contributed by atoms with E-state index in [1.165, 1.54) is 0 Å². The van der Waals surface area contributed by atoms with Crippen molar-refractivity contribution in [1.82, 2.24) is 14.5 Å². The standard InChI is InChI=1S/C23H23ClN4O3/c1-13-14(2)28(17-8-6-7-15(24)9-17)23-20(13)22(25-12-26-23)27-16-10-18(29-3)21(31-5)19(11-16)30-4/h6-12H,1-5H3,(H,25,26,27). The van der Waals surface area contributed by atoms with E-state index in [0.717, 1.165) is 33.7 Å². The molecule has 160 valence electrons. The molecular weight excluding hydrogens is 416 g/mol. The quantitative estimate of drug-likeness (QED) is 0.431. The van der Waals surface area contributed by atoms with E-state index in [2.05, 4.69) is 33.7 Å². The molecule has 7 nitrogen and oxygen atoms in total. The van der Waals surface area contributed by atoms with Crippen LogP contribution in [0.4, 0.5) is 11.5 Å². The molecule has 0 bridgehead atoms. The molecule has 0 fully saturated rings. The smallest absolute Gasteiger partial charge is 0.203 e. The van der Waals surface area contributed by atoms with Crippen molar-refractivity contribution in [2.45, 2.75) is 13.8 Å². The van der Waals surface area contributed by atoms with Crippen LogP contribution in [0.1, 0.15) is 11.3 Å². The molecule has 1 N–H and O–H groups in total. The van der Waals surface area contributed by atoms with E-state index in [0.29, 0.717) is 28.1 Å². The number of hydrogen-bond acceptors (Lipinski definition) is 6. The summed E-state index contributed by atoms with van der Waals surface area (Å²) in [5.41, 5.74) is 4.63. The van der Waals surface area contributed by atoms with Gasteiger partial charge in [0.25, 0.3) is 0 Å². The van der Waals surface area contributed by atoms with Gasteiger partial charge in [0.1, 0.15) is 12.1 Å². The maximum absolute atomic E-state index is 6.23. The predicted molar refractivity (Wildman–Crippen MR) is 123 cm³/mol. The van der Waals surface area contributed by atoms with Gasteiger partial charge in [-0.3, -0.25) is 4.57 Å². The van der Waals surface area contributed by atoms with Crippen LogP contribution < -0.4 is 19.5 Å². The van der Waals surface area contributed by atoms with Gasteiger partial charge in [0.05, 0.1) is 26.7 Å². The SMILES string of the molecule is COc1cc(Nc2ncnc3c2c(C)c(C)n3-c2cccc(Cl)c2)cc(OC)c1OC. The highest BCUT2D eigenvalue weighted by Crippen LogP contribution is 2.41. The monoisotopic (exact) mass is 438 g/mol. The highest BCUT2D eigenvalue weighted by atomic mass is 35.5. The van der Waals surface area contributed by atoms with Gasteiger partial charge in [0, 0.05) is 34.2 Å². The molecule has 2 heterocycles. The third-order valence-electron chi connectivity index (χ3n) is 5.29. The molecule has 0 unspecified atom stereocenters. The number of aromatic nitrogens is 3. The number of hydrogen-bond donors (Lipinski definition) is 1. The van der Waals surface area contributed by atoms with Crippen molar-refractivity contribution in [3.63, 3.8) is 0 Å². The first-order valence-electron chi connectivity index (χ1n) is 9.64. The molecule has 8 heteroatoms. The molecule has 0 atom stereocenters. The van der Waals surface area contributed by atoms with Gasteiger partial charge in [-0.15, -0.1) is 0 Å². The summed E-state index contributed by atoms with van der Waals surface area (Å²) >= 11 is 6.23. The van der Waals surface area contributed by atoms with Crippen LogP contribution in [0, 0.1) is 13.8 Å². The molecule has 2 aromatic carbocycles. The lowest BCUT2D eigenvalue weighted by molar-refractivity contribution is 0.324. The third kappa shape index (κ3) is 3.61. The molecule has 0 aliphatic heterocycles. The van der Waals surface area contributed by atoms with Gasteiger partial charge in [-0.2, -0.15) is 0 Å². The highest BCUT2D eigenvalue weighted by Gasteiger charge is 2.19. The Bertz CT molecular complexity index is 1240. The summed E-state index contributed by atoms with van der Waals surface area (Å²) in [5.74, 6) is 2.32. The van der Waals surface area contributed by atoms with Gasteiger partial charge in [-0.25, -0.2) is 9.97 Å². The maximum atomic E-state index is 6.23. The minimum Gasteiger partial charge on any atom is -0.493 e. The van der Waals surface area contributed by atoms with Gasteiger partial charge >= 0.3 is 0 Å². The molecule has 0 spiro atoms. The molecule has 0 saturated heterocycles. The Morgan fingerprint density at radius 2 is 1.65 bits per heavy atom. The first-order chi connectivity index (χ1) is 15.0. The second-order valence-corrected chi connectivity index (χ2v) is 7.42. The van der Waals surface area contributed by atoms with Crippen molar-refractivity contribution in [1.29, 1.82) is 0 Å². The lowest BCUT2D eigenvalue weighted by atomic mass is 10.2. The number of nitrogens with zero attached hydrogens (tertiary/aromatic N) is 3. The number of halogens is 1. The minimum atomic E-state index is 0.530. The molecule has 0 amide bonds. The summed E-state index contributed by atoms with van der Waals surface area (Å²) in [7, 11) is 4.75. The van der Waals surface area contributed by atoms with Crippen LogP contribution in [0.15, 0.2) is 42.7 Å². The van der Waals surface area contributed by atoms with E-state index < -0.39 is 0 Å². The van der Waals surface area contributed by atoms with Crippen LogP contribution in [0.25, 0.3) is 16.7 Å². The number of anilines is 2. The molecule has 0 aliphatic carbocycles. The highest BCUT2D eigenvalue weighted by molar-refractivity contribution is 6.30. The molecule has 0 saturated carbocycles. The predicted octanol–water partition coefficient (Wildman–Crippen LogP) is 5.46. The second-order valence-electron chi connectivity index (χ2n) is 6.99. The fourth-order valence-electron chi connectivity index (χ4n) is 3.71. The Balaban J connectivity index is 1.86. The van der Waals surface area contributed by atoms with Gasteiger partial charge < -0.3 is 19.5 Å². The number of ether oxygens (including phenoxy) is 3. The molecule has 0 aliphatic rings. The van der Waals surface area contributed by atoms with E-state index in [-0.39, 0.29) is 0 Å². The van der Waals surface area contributed by atoms with Gasteiger partial charge in [0.15, 0.2) is 17.1 Å². The summed E-state index contributed by atoms with van der Waals surface area (Å²) in [4.78, 5) is 9.07. The molecule has 4 rings (SSSR count). The number of nitrogens with one attached hydrogen (secondary N) is 1. The fourth-order valence-corrected chi connectivity index (χ4v) is 3.90. The van der Waals surface area contributed by atoms with Crippen molar-refractivity contribution < 1.29 is 14.2 Å². The average Bonchev–Trinajstić information content (AvgIpc) is 3.03. The van der Waals surface area contributed by atoms with E-state index in [9.17, 15) is 0 Å². The number of rotatable bonds is 6. The average molecular weight is 439 g/mol. The van der Waals surface area contributed by atoms with Gasteiger partial charge in [0.2, 0.25) is 5.75 Å². The van der Waals surface area contributed by atoms with Crippen molar-refractivity contribution >= 4 is 34.1 Å². The van der Waals surface area contributed by atoms with E-state index >= 15 is 0 Å². The lowest BCUT2D eigenvalue weighted by Gasteiger charge is -2.15. The van der Waals surface area contributed by atoms with Crippen LogP contribution in [0.5, 0.6) is 17.2 Å². The Hall–Kier alpha value is -3.45. The zero-order valence-electron chi connectivity index (χ0n) is 18.0. The van der Waals surface area contributed by atoms with Gasteiger partial charge in [-0.1, -0.05) is 17.7 Å². The van der Waals surface area contributed by atoms with Crippen LogP contribution in [0.3, 0.4) is 0 Å². The van der Waals surface area contributed by atoms with E-state index in [4.69, 9.17) is 25.8 Å². The first kappa shape index (κ1) is 20.8. The zero-order valence-corrected chi connectivity index (χ0v) is 18.7. The Kier molecular flexibility index (Phi) is 5.61. The van der Waals surface area contributed by atoms with Crippen molar-refractivity contribution in [2.24, 2.45) is 0 Å². The number of benzene rings is 2. The zero-order chi connectivity index (χ0) is 22.1. The summed E-state index contributed by atoms with van der Waals surface area (Å²) in [5, 5.41) is 4.98. The first-order valence-corrected chi connectivity index (χ1v) is 10.0. The number of methoxy groups -OCH3 is 3. The van der Waals surface area contributed by atoms with Crippen LogP contribution in [-0.2, 0) is 0 Å². The third-order valence-corrected chi connectivity index (χ3v) is 5.52. The molecule has 0 radical (unpaired) electrons. The van der Waals surface area contributed by atoms with Crippen LogP contribution in [0.2, 0.25) is 5.02 Å². The van der Waals surface area contributed by atoms with Crippen molar-refractivity contribution in [3.8, 4) is 22.9 Å². The normalized spacial score (nSPS) is 10.9. The van der Waals surface area contributed by atoms with Crippen molar-refractivity contribution in [3.05, 3.63) is 59.0 Å². The summed E-state index contributed by atoms with van der Waals surface area (Å²) in [6.07, 6.45) is 1.54. The molecule has 4 aromatic rings. The second kappa shape index (κ2) is 8.35. The fraction of sp³-hybridized carbons (Fsp3) is 0.217. The van der Waals surface area contributed by atoms with Gasteiger partial charge in [-0.05, 0) is 37.6 Å². The Morgan fingerprint density at radius 1 is 0.935 bits per heavy atom. The van der Waals surface area contributed by atoms with Crippen LogP contribution in [-0.4, -0.2) is 35.9 Å². The summed E-state index contributed by atoms with van der Waals surface area (Å²) in [6.45, 7) is 4.11. The largest absolute Gasteiger partial charge is 0.493 e. The summed E-state index contributed by atoms with van der Waals surface area (Å²) < 4.78 is 18.4. The number of fused-ring (bicyclic) bond motifs is 1. The van der Waals surface area contributed by atoms with Crippen LogP contribution >= 0.6 is 11.6 Å². The Morgan fingerprint density at radius 3 is 2.26 bits per heavy atom. The Labute approximate surface area is 185 Å².